The van der Waals surface area contributed by atoms with Crippen molar-refractivity contribution in [2.45, 2.75) is 18.4 Å². The zero-order valence-corrected chi connectivity index (χ0v) is 17.0. The van der Waals surface area contributed by atoms with Gasteiger partial charge in [-0.3, -0.25) is 4.79 Å². The summed E-state index contributed by atoms with van der Waals surface area (Å²) in [7, 11) is -2.51. The molecule has 3 aromatic rings. The lowest BCUT2D eigenvalue weighted by molar-refractivity contribution is 0.102. The molecular weight excluding hydrogens is 388 g/mol. The van der Waals surface area contributed by atoms with Gasteiger partial charge in [-0.2, -0.15) is 0 Å². The molecule has 0 aromatic heterocycles. The SMILES string of the molecule is COc1ccc(C(=O)Nc2ccccc2C)cc1S(=O)(=O)NCc1ccccc1. The average molecular weight is 410 g/mol. The van der Waals surface area contributed by atoms with Gasteiger partial charge in [0.15, 0.2) is 0 Å². The summed E-state index contributed by atoms with van der Waals surface area (Å²) in [4.78, 5) is 12.6. The van der Waals surface area contributed by atoms with Gasteiger partial charge in [-0.05, 0) is 42.3 Å². The monoisotopic (exact) mass is 410 g/mol. The van der Waals surface area contributed by atoms with Crippen molar-refractivity contribution in [2.24, 2.45) is 0 Å². The number of benzene rings is 3. The molecule has 0 heterocycles. The molecule has 0 unspecified atom stereocenters. The normalized spacial score (nSPS) is 11.1. The van der Waals surface area contributed by atoms with Crippen LogP contribution in [0.4, 0.5) is 5.69 Å². The van der Waals surface area contributed by atoms with E-state index in [2.05, 4.69) is 10.0 Å². The van der Waals surface area contributed by atoms with E-state index in [-0.39, 0.29) is 22.8 Å². The Morgan fingerprint density at radius 2 is 1.66 bits per heavy atom. The van der Waals surface area contributed by atoms with E-state index >= 15 is 0 Å². The number of amides is 1. The van der Waals surface area contributed by atoms with Crippen molar-refractivity contribution in [2.75, 3.05) is 12.4 Å². The fourth-order valence-electron chi connectivity index (χ4n) is 2.79. The molecule has 3 rings (SSSR count). The topological polar surface area (TPSA) is 84.5 Å². The van der Waals surface area contributed by atoms with E-state index in [4.69, 9.17) is 4.74 Å². The molecule has 0 bridgehead atoms. The molecule has 2 N–H and O–H groups in total. The third-order valence-electron chi connectivity index (χ3n) is 4.42. The number of aryl methyl sites for hydroxylation is 1. The van der Waals surface area contributed by atoms with Crippen molar-refractivity contribution >= 4 is 21.6 Å². The molecular formula is C22H22N2O4S. The van der Waals surface area contributed by atoms with Crippen LogP contribution in [0, 0.1) is 6.92 Å². The second kappa shape index (κ2) is 8.89. The Kier molecular flexibility index (Phi) is 6.31. The van der Waals surface area contributed by atoms with Gasteiger partial charge in [0.25, 0.3) is 5.91 Å². The molecule has 1 amide bonds. The molecule has 0 saturated heterocycles. The molecule has 29 heavy (non-hydrogen) atoms. The Labute approximate surface area is 170 Å². The van der Waals surface area contributed by atoms with Crippen LogP contribution in [-0.2, 0) is 16.6 Å². The Bertz CT molecular complexity index is 1110. The highest BCUT2D eigenvalue weighted by Crippen LogP contribution is 2.26. The number of methoxy groups -OCH3 is 1. The molecule has 6 nitrogen and oxygen atoms in total. The van der Waals surface area contributed by atoms with E-state index in [1.54, 1.807) is 6.07 Å². The van der Waals surface area contributed by atoms with Gasteiger partial charge < -0.3 is 10.1 Å². The van der Waals surface area contributed by atoms with Crippen molar-refractivity contribution in [3.05, 3.63) is 89.5 Å². The number of anilines is 1. The van der Waals surface area contributed by atoms with E-state index in [1.165, 1.54) is 25.3 Å². The van der Waals surface area contributed by atoms with E-state index in [0.29, 0.717) is 5.69 Å². The maximum absolute atomic E-state index is 12.8. The molecule has 0 radical (unpaired) electrons. The molecule has 0 aliphatic heterocycles. The van der Waals surface area contributed by atoms with Gasteiger partial charge in [-0.1, -0.05) is 48.5 Å². The highest BCUT2D eigenvalue weighted by atomic mass is 32.2. The lowest BCUT2D eigenvalue weighted by atomic mass is 10.1. The number of ether oxygens (including phenoxy) is 1. The summed E-state index contributed by atoms with van der Waals surface area (Å²) in [6.07, 6.45) is 0. The number of nitrogens with one attached hydrogen (secondary N) is 2. The van der Waals surface area contributed by atoms with Crippen molar-refractivity contribution in [3.63, 3.8) is 0 Å². The maximum Gasteiger partial charge on any atom is 0.255 e. The third-order valence-corrected chi connectivity index (χ3v) is 5.84. The second-order valence-corrected chi connectivity index (χ2v) is 8.18. The van der Waals surface area contributed by atoms with Gasteiger partial charge in [0.1, 0.15) is 10.6 Å². The van der Waals surface area contributed by atoms with Crippen molar-refractivity contribution < 1.29 is 17.9 Å². The molecule has 0 aliphatic carbocycles. The quantitative estimate of drug-likeness (QED) is 0.622. The summed E-state index contributed by atoms with van der Waals surface area (Å²) in [6, 6.07) is 20.9. The van der Waals surface area contributed by atoms with Crippen molar-refractivity contribution in [3.8, 4) is 5.75 Å². The van der Waals surface area contributed by atoms with Gasteiger partial charge >= 0.3 is 0 Å². The highest BCUT2D eigenvalue weighted by Gasteiger charge is 2.22. The Morgan fingerprint density at radius 3 is 2.34 bits per heavy atom. The molecule has 0 spiro atoms. The second-order valence-electron chi connectivity index (χ2n) is 6.44. The van der Waals surface area contributed by atoms with Crippen LogP contribution in [0.5, 0.6) is 5.75 Å². The van der Waals surface area contributed by atoms with Crippen LogP contribution in [0.15, 0.2) is 77.7 Å². The molecule has 150 valence electrons. The molecule has 0 atom stereocenters. The first-order valence-electron chi connectivity index (χ1n) is 8.99. The van der Waals surface area contributed by atoms with Gasteiger partial charge in [0.05, 0.1) is 7.11 Å². The van der Waals surface area contributed by atoms with Crippen LogP contribution < -0.4 is 14.8 Å². The van der Waals surface area contributed by atoms with E-state index < -0.39 is 15.9 Å². The minimum Gasteiger partial charge on any atom is -0.495 e. The van der Waals surface area contributed by atoms with Crippen LogP contribution in [0.3, 0.4) is 0 Å². The summed E-state index contributed by atoms with van der Waals surface area (Å²) in [5, 5.41) is 2.81. The number of carbonyl (C=O) groups is 1. The Morgan fingerprint density at radius 1 is 0.966 bits per heavy atom. The van der Waals surface area contributed by atoms with Crippen LogP contribution in [0.1, 0.15) is 21.5 Å². The fourth-order valence-corrected chi connectivity index (χ4v) is 4.00. The van der Waals surface area contributed by atoms with Gasteiger partial charge in [0, 0.05) is 17.8 Å². The summed E-state index contributed by atoms with van der Waals surface area (Å²) in [5.41, 5.74) is 2.62. The smallest absolute Gasteiger partial charge is 0.255 e. The zero-order valence-electron chi connectivity index (χ0n) is 16.2. The lowest BCUT2D eigenvalue weighted by Gasteiger charge is -2.13. The number of hydrogen-bond donors (Lipinski definition) is 2. The molecule has 0 fully saturated rings. The van der Waals surface area contributed by atoms with E-state index in [9.17, 15) is 13.2 Å². The number of rotatable bonds is 7. The van der Waals surface area contributed by atoms with E-state index in [0.717, 1.165) is 11.1 Å². The average Bonchev–Trinajstić information content (AvgIpc) is 2.74. The van der Waals surface area contributed by atoms with Gasteiger partial charge in [0.2, 0.25) is 10.0 Å². The molecule has 0 aliphatic rings. The highest BCUT2D eigenvalue weighted by molar-refractivity contribution is 7.89. The number of para-hydroxylation sites is 1. The van der Waals surface area contributed by atoms with Crippen LogP contribution in [0.2, 0.25) is 0 Å². The summed E-state index contributed by atoms with van der Waals surface area (Å²) >= 11 is 0. The predicted molar refractivity (Wildman–Crippen MR) is 113 cm³/mol. The lowest BCUT2D eigenvalue weighted by Crippen LogP contribution is -2.24. The number of carbonyl (C=O) groups excluding carboxylic acids is 1. The molecule has 7 heteroatoms. The largest absolute Gasteiger partial charge is 0.495 e. The first kappa shape index (κ1) is 20.6. The first-order valence-corrected chi connectivity index (χ1v) is 10.5. The van der Waals surface area contributed by atoms with Crippen LogP contribution in [0.25, 0.3) is 0 Å². The first-order chi connectivity index (χ1) is 13.9. The van der Waals surface area contributed by atoms with Crippen LogP contribution >= 0.6 is 0 Å². The third kappa shape index (κ3) is 5.01. The van der Waals surface area contributed by atoms with Gasteiger partial charge in [-0.25, -0.2) is 13.1 Å². The minimum atomic E-state index is -3.89. The minimum absolute atomic E-state index is 0.0895. The Hall–Kier alpha value is -3.16. The summed E-state index contributed by atoms with van der Waals surface area (Å²) in [5.74, 6) is -0.237. The standard InChI is InChI=1S/C22H22N2O4S/c1-16-8-6-7-11-19(16)24-22(25)18-12-13-20(28-2)21(14-18)29(26,27)23-15-17-9-4-3-5-10-17/h3-14,23H,15H2,1-2H3,(H,24,25). The maximum atomic E-state index is 12.8. The molecule has 3 aromatic carbocycles. The Balaban J connectivity index is 1.86. The predicted octanol–water partition coefficient (Wildman–Crippen LogP) is 3.73. The van der Waals surface area contributed by atoms with E-state index in [1.807, 2.05) is 55.5 Å². The van der Waals surface area contributed by atoms with Crippen molar-refractivity contribution in [1.29, 1.82) is 0 Å². The van der Waals surface area contributed by atoms with Crippen LogP contribution in [-0.4, -0.2) is 21.4 Å². The summed E-state index contributed by atoms with van der Waals surface area (Å²) < 4.78 is 33.5. The summed E-state index contributed by atoms with van der Waals surface area (Å²) in [6.45, 7) is 2.01. The molecule has 0 saturated carbocycles. The fraction of sp³-hybridized carbons (Fsp3) is 0.136. The number of hydrogen-bond acceptors (Lipinski definition) is 4. The van der Waals surface area contributed by atoms with Gasteiger partial charge in [-0.15, -0.1) is 0 Å². The van der Waals surface area contributed by atoms with Crippen molar-refractivity contribution in [1.82, 2.24) is 4.72 Å². The number of sulfonamides is 1. The zero-order chi connectivity index (χ0) is 20.9.